The molecule has 0 amide bonds. The standard InChI is InChI=1S/C12H27N3/c1-5-12(13)11(4)15-8-7-14(6-2)10(3)9-15/h10-12H,5-9,13H2,1-4H3. The Balaban J connectivity index is 2.46. The van der Waals surface area contributed by atoms with E-state index in [1.165, 1.54) is 26.2 Å². The Kier molecular flexibility index (Phi) is 5.03. The van der Waals surface area contributed by atoms with Crippen LogP contribution in [0.3, 0.4) is 0 Å². The van der Waals surface area contributed by atoms with Crippen LogP contribution in [0.25, 0.3) is 0 Å². The molecule has 0 spiro atoms. The van der Waals surface area contributed by atoms with Crippen molar-refractivity contribution in [3.8, 4) is 0 Å². The highest BCUT2D eigenvalue weighted by Gasteiger charge is 2.27. The molecule has 2 N–H and O–H groups in total. The molecule has 0 aromatic heterocycles. The van der Waals surface area contributed by atoms with E-state index < -0.39 is 0 Å². The molecule has 3 atom stereocenters. The molecule has 0 aliphatic carbocycles. The summed E-state index contributed by atoms with van der Waals surface area (Å²) in [4.78, 5) is 5.09. The minimum atomic E-state index is 0.324. The summed E-state index contributed by atoms with van der Waals surface area (Å²) in [6, 6.07) is 1.53. The minimum Gasteiger partial charge on any atom is -0.326 e. The van der Waals surface area contributed by atoms with Gasteiger partial charge in [-0.3, -0.25) is 9.80 Å². The zero-order valence-corrected chi connectivity index (χ0v) is 10.7. The van der Waals surface area contributed by atoms with Gasteiger partial charge in [0.2, 0.25) is 0 Å². The second-order valence-corrected chi connectivity index (χ2v) is 4.79. The Morgan fingerprint density at radius 1 is 1.33 bits per heavy atom. The van der Waals surface area contributed by atoms with Gasteiger partial charge in [-0.1, -0.05) is 13.8 Å². The Bertz CT molecular complexity index is 184. The predicted octanol–water partition coefficient (Wildman–Crippen LogP) is 1.14. The first kappa shape index (κ1) is 12.9. The summed E-state index contributed by atoms with van der Waals surface area (Å²) in [5, 5.41) is 0. The highest BCUT2D eigenvalue weighted by Crippen LogP contribution is 2.14. The van der Waals surface area contributed by atoms with Gasteiger partial charge < -0.3 is 5.73 Å². The molecule has 1 aliphatic heterocycles. The van der Waals surface area contributed by atoms with Gasteiger partial charge in [0, 0.05) is 37.8 Å². The molecule has 1 aliphatic rings. The van der Waals surface area contributed by atoms with E-state index in [2.05, 4.69) is 37.5 Å². The summed E-state index contributed by atoms with van der Waals surface area (Å²) >= 11 is 0. The molecule has 1 heterocycles. The van der Waals surface area contributed by atoms with Gasteiger partial charge >= 0.3 is 0 Å². The maximum absolute atomic E-state index is 6.10. The summed E-state index contributed by atoms with van der Waals surface area (Å²) in [5.74, 6) is 0. The Morgan fingerprint density at radius 3 is 2.47 bits per heavy atom. The largest absolute Gasteiger partial charge is 0.326 e. The van der Waals surface area contributed by atoms with E-state index in [1.807, 2.05) is 0 Å². The fraction of sp³-hybridized carbons (Fsp3) is 1.00. The molecule has 0 aromatic carbocycles. The maximum Gasteiger partial charge on any atom is 0.0220 e. The molecule has 1 fully saturated rings. The van der Waals surface area contributed by atoms with Gasteiger partial charge in [0.1, 0.15) is 0 Å². The molecule has 15 heavy (non-hydrogen) atoms. The molecule has 0 bridgehead atoms. The molecule has 3 unspecified atom stereocenters. The summed E-state index contributed by atoms with van der Waals surface area (Å²) in [7, 11) is 0. The third-order valence-corrected chi connectivity index (χ3v) is 3.87. The quantitative estimate of drug-likeness (QED) is 0.760. The van der Waals surface area contributed by atoms with Gasteiger partial charge in [0.25, 0.3) is 0 Å². The van der Waals surface area contributed by atoms with Crippen LogP contribution < -0.4 is 5.73 Å². The molecular formula is C12H27N3. The van der Waals surface area contributed by atoms with E-state index in [0.717, 1.165) is 6.42 Å². The first-order valence-corrected chi connectivity index (χ1v) is 6.33. The van der Waals surface area contributed by atoms with E-state index in [4.69, 9.17) is 5.73 Å². The van der Waals surface area contributed by atoms with Gasteiger partial charge in [0.05, 0.1) is 0 Å². The van der Waals surface area contributed by atoms with Crippen molar-refractivity contribution >= 4 is 0 Å². The SMILES string of the molecule is CCC(N)C(C)N1CCN(CC)C(C)C1. The van der Waals surface area contributed by atoms with Crippen molar-refractivity contribution < 1.29 is 0 Å². The molecule has 0 saturated carbocycles. The van der Waals surface area contributed by atoms with Gasteiger partial charge in [-0.15, -0.1) is 0 Å². The Hall–Kier alpha value is -0.120. The van der Waals surface area contributed by atoms with E-state index in [9.17, 15) is 0 Å². The van der Waals surface area contributed by atoms with Crippen LogP contribution in [0.2, 0.25) is 0 Å². The molecular weight excluding hydrogens is 186 g/mol. The van der Waals surface area contributed by atoms with Crippen LogP contribution in [0.15, 0.2) is 0 Å². The molecule has 0 radical (unpaired) electrons. The Morgan fingerprint density at radius 2 is 2.00 bits per heavy atom. The predicted molar refractivity (Wildman–Crippen MR) is 66.0 cm³/mol. The van der Waals surface area contributed by atoms with Crippen LogP contribution in [0.1, 0.15) is 34.1 Å². The van der Waals surface area contributed by atoms with Crippen LogP contribution in [0.5, 0.6) is 0 Å². The van der Waals surface area contributed by atoms with Crippen LogP contribution in [0, 0.1) is 0 Å². The third-order valence-electron chi connectivity index (χ3n) is 3.87. The first-order chi connectivity index (χ1) is 7.10. The van der Waals surface area contributed by atoms with Crippen LogP contribution >= 0.6 is 0 Å². The van der Waals surface area contributed by atoms with E-state index in [0.29, 0.717) is 18.1 Å². The highest BCUT2D eigenvalue weighted by atomic mass is 15.3. The highest BCUT2D eigenvalue weighted by molar-refractivity contribution is 4.85. The lowest BCUT2D eigenvalue weighted by molar-refractivity contribution is 0.0557. The average molecular weight is 213 g/mol. The average Bonchev–Trinajstić information content (AvgIpc) is 2.26. The van der Waals surface area contributed by atoms with Crippen LogP contribution in [-0.2, 0) is 0 Å². The molecule has 1 rings (SSSR count). The van der Waals surface area contributed by atoms with Crippen molar-refractivity contribution in [2.24, 2.45) is 5.73 Å². The van der Waals surface area contributed by atoms with Crippen molar-refractivity contribution in [1.82, 2.24) is 9.80 Å². The molecule has 3 nitrogen and oxygen atoms in total. The number of hydrogen-bond acceptors (Lipinski definition) is 3. The fourth-order valence-corrected chi connectivity index (χ4v) is 2.48. The number of nitrogens with two attached hydrogens (primary N) is 1. The number of likely N-dealkylation sites (N-methyl/N-ethyl adjacent to an activating group) is 1. The van der Waals surface area contributed by atoms with Gasteiger partial charge in [-0.05, 0) is 26.8 Å². The molecule has 1 saturated heterocycles. The number of nitrogens with zero attached hydrogens (tertiary/aromatic N) is 2. The van der Waals surface area contributed by atoms with E-state index in [-0.39, 0.29) is 0 Å². The normalized spacial score (nSPS) is 29.0. The van der Waals surface area contributed by atoms with Crippen molar-refractivity contribution in [2.75, 3.05) is 26.2 Å². The number of piperazine rings is 1. The second kappa shape index (κ2) is 5.83. The lowest BCUT2D eigenvalue weighted by Gasteiger charge is -2.43. The second-order valence-electron chi connectivity index (χ2n) is 4.79. The fourth-order valence-electron chi connectivity index (χ4n) is 2.48. The summed E-state index contributed by atoms with van der Waals surface area (Å²) in [6.07, 6.45) is 1.07. The lowest BCUT2D eigenvalue weighted by atomic mass is 10.0. The van der Waals surface area contributed by atoms with E-state index >= 15 is 0 Å². The van der Waals surface area contributed by atoms with Gasteiger partial charge in [-0.25, -0.2) is 0 Å². The van der Waals surface area contributed by atoms with E-state index in [1.54, 1.807) is 0 Å². The Labute approximate surface area is 94.6 Å². The first-order valence-electron chi connectivity index (χ1n) is 6.33. The smallest absolute Gasteiger partial charge is 0.0220 e. The van der Waals surface area contributed by atoms with Crippen molar-refractivity contribution in [1.29, 1.82) is 0 Å². The zero-order valence-electron chi connectivity index (χ0n) is 10.7. The molecule has 3 heteroatoms. The summed E-state index contributed by atoms with van der Waals surface area (Å²) in [6.45, 7) is 13.7. The summed E-state index contributed by atoms with van der Waals surface area (Å²) in [5.41, 5.74) is 6.10. The van der Waals surface area contributed by atoms with Crippen LogP contribution in [-0.4, -0.2) is 54.1 Å². The third kappa shape index (κ3) is 3.16. The lowest BCUT2D eigenvalue weighted by Crippen LogP contribution is -2.57. The van der Waals surface area contributed by atoms with Gasteiger partial charge in [0.15, 0.2) is 0 Å². The number of rotatable bonds is 4. The van der Waals surface area contributed by atoms with Crippen molar-refractivity contribution in [3.63, 3.8) is 0 Å². The minimum absolute atomic E-state index is 0.324. The topological polar surface area (TPSA) is 32.5 Å². The van der Waals surface area contributed by atoms with Crippen LogP contribution in [0.4, 0.5) is 0 Å². The maximum atomic E-state index is 6.10. The van der Waals surface area contributed by atoms with Gasteiger partial charge in [-0.2, -0.15) is 0 Å². The van der Waals surface area contributed by atoms with Crippen molar-refractivity contribution in [3.05, 3.63) is 0 Å². The monoisotopic (exact) mass is 213 g/mol. The van der Waals surface area contributed by atoms with Crippen molar-refractivity contribution in [2.45, 2.75) is 52.2 Å². The molecule has 90 valence electrons. The summed E-state index contributed by atoms with van der Waals surface area (Å²) < 4.78 is 0. The zero-order chi connectivity index (χ0) is 11.4. The number of hydrogen-bond donors (Lipinski definition) is 1. The molecule has 0 aromatic rings.